The van der Waals surface area contributed by atoms with Gasteiger partial charge in [-0.05, 0) is 38.7 Å². The molecule has 0 aromatic carbocycles. The quantitative estimate of drug-likeness (QED) is 0.0626. The summed E-state index contributed by atoms with van der Waals surface area (Å²) in [5.74, 6) is 0.0512. The molecule has 0 saturated heterocycles. The molecule has 374 valence electrons. The molecule has 1 aliphatic rings. The summed E-state index contributed by atoms with van der Waals surface area (Å²) in [5.41, 5.74) is 7.99. The van der Waals surface area contributed by atoms with Crippen molar-refractivity contribution in [2.45, 2.75) is 59.4 Å². The van der Waals surface area contributed by atoms with Crippen molar-refractivity contribution >= 4 is 35.5 Å². The zero-order valence-electron chi connectivity index (χ0n) is 39.1. The largest absolute Gasteiger partial charge is 0.447 e. The van der Waals surface area contributed by atoms with Crippen molar-refractivity contribution in [1.29, 1.82) is 0 Å². The lowest BCUT2D eigenvalue weighted by atomic mass is 10.1. The fraction of sp³-hybridized carbons (Fsp3) is 0.791. The summed E-state index contributed by atoms with van der Waals surface area (Å²) in [7, 11) is 0. The molecule has 0 aliphatic carbocycles. The summed E-state index contributed by atoms with van der Waals surface area (Å²) in [6.07, 6.45) is 6.39. The fourth-order valence-electron chi connectivity index (χ4n) is 5.66. The Hall–Kier alpha value is -3.81. The molecule has 2 rings (SSSR count). The van der Waals surface area contributed by atoms with Gasteiger partial charge in [0.25, 0.3) is 5.91 Å². The zero-order valence-corrected chi connectivity index (χ0v) is 39.1. The predicted molar refractivity (Wildman–Crippen MR) is 240 cm³/mol. The van der Waals surface area contributed by atoms with Gasteiger partial charge in [-0.15, -0.1) is 0 Å². The maximum absolute atomic E-state index is 13.2. The number of nitrogens with two attached hydrogens (primary N) is 1. The van der Waals surface area contributed by atoms with Gasteiger partial charge in [0.2, 0.25) is 5.91 Å². The van der Waals surface area contributed by atoms with E-state index in [0.717, 1.165) is 31.4 Å². The Balaban J connectivity index is 1.28. The van der Waals surface area contributed by atoms with Crippen LogP contribution in [-0.4, -0.2) is 204 Å². The van der Waals surface area contributed by atoms with E-state index >= 15 is 0 Å². The lowest BCUT2D eigenvalue weighted by molar-refractivity contribution is -0.180. The van der Waals surface area contributed by atoms with E-state index in [2.05, 4.69) is 20.7 Å². The van der Waals surface area contributed by atoms with Crippen molar-refractivity contribution < 1.29 is 71.3 Å². The molecule has 0 unspecified atom stereocenters. The minimum atomic E-state index is -0.490. The highest BCUT2D eigenvalue weighted by molar-refractivity contribution is 6.04. The van der Waals surface area contributed by atoms with Crippen LogP contribution in [0, 0.1) is 0 Å². The number of aromatic nitrogens is 2. The van der Waals surface area contributed by atoms with Gasteiger partial charge >= 0.3 is 6.09 Å². The zero-order chi connectivity index (χ0) is 46.8. The Morgan fingerprint density at radius 1 is 0.646 bits per heavy atom. The average Bonchev–Trinajstić information content (AvgIpc) is 3.57. The second-order valence-electron chi connectivity index (χ2n) is 14.1. The highest BCUT2D eigenvalue weighted by Crippen LogP contribution is 2.27. The van der Waals surface area contributed by atoms with E-state index in [9.17, 15) is 14.4 Å². The smallest absolute Gasteiger partial charge is 0.407 e. The molecular weight excluding hydrogens is 855 g/mol. The Kier molecular flexibility index (Phi) is 35.7. The number of carbonyl (C=O) groups is 3. The first-order valence-electron chi connectivity index (χ1n) is 22.8. The first-order chi connectivity index (χ1) is 31.8. The van der Waals surface area contributed by atoms with Gasteiger partial charge in [-0.2, -0.15) is 5.10 Å². The third-order valence-electron chi connectivity index (χ3n) is 8.76. The van der Waals surface area contributed by atoms with E-state index in [-0.39, 0.29) is 31.4 Å². The summed E-state index contributed by atoms with van der Waals surface area (Å²) in [4.78, 5) is 46.0. The van der Waals surface area contributed by atoms with Gasteiger partial charge in [-0.3, -0.25) is 19.1 Å². The van der Waals surface area contributed by atoms with Crippen molar-refractivity contribution in [3.05, 3.63) is 17.5 Å². The second kappa shape index (κ2) is 40.5. The van der Waals surface area contributed by atoms with Gasteiger partial charge in [-0.25, -0.2) is 14.9 Å². The number of aliphatic imine (C=N–C) groups is 1. The molecule has 0 saturated carbocycles. The topological polar surface area (TPSA) is 245 Å². The Bertz CT molecular complexity index is 1430. The number of fused-ring (bicyclic) bond motifs is 1. The first-order valence-corrected chi connectivity index (χ1v) is 22.8. The van der Waals surface area contributed by atoms with E-state index in [1.54, 1.807) is 12.3 Å². The SMILES string of the molecule is CCCN(OCC)C(=O)C1=Cc2c(cnn2CCCCCNC(=O)OCCOCCOCCOCCOCCOCCOCCOCCOCCOCCOCCNC(C)=O)N=C(N)C1. The molecular formula is C43H77N7O15. The molecule has 2 heterocycles. The summed E-state index contributed by atoms with van der Waals surface area (Å²) in [6.45, 7) is 16.9. The van der Waals surface area contributed by atoms with Gasteiger partial charge in [0.15, 0.2) is 0 Å². The molecule has 0 fully saturated rings. The minimum absolute atomic E-state index is 0.0698. The van der Waals surface area contributed by atoms with Crippen LogP contribution in [-0.2, 0) is 73.1 Å². The number of amidine groups is 1. The number of nitrogens with zero attached hydrogens (tertiary/aromatic N) is 4. The number of alkyl carbamates (subject to hydrolysis) is 1. The number of ether oxygens (including phenoxy) is 11. The van der Waals surface area contributed by atoms with Crippen molar-refractivity contribution in [3.63, 3.8) is 0 Å². The van der Waals surface area contributed by atoms with E-state index in [0.29, 0.717) is 175 Å². The normalized spacial score (nSPS) is 12.4. The van der Waals surface area contributed by atoms with Crippen molar-refractivity contribution in [3.8, 4) is 0 Å². The van der Waals surface area contributed by atoms with E-state index in [4.69, 9.17) is 62.7 Å². The number of hydrogen-bond donors (Lipinski definition) is 3. The number of nitrogens with one attached hydrogen (secondary N) is 2. The maximum atomic E-state index is 13.2. The number of rotatable bonds is 44. The minimum Gasteiger partial charge on any atom is -0.447 e. The molecule has 0 atom stereocenters. The van der Waals surface area contributed by atoms with Gasteiger partial charge in [0, 0.05) is 45.1 Å². The highest BCUT2D eigenvalue weighted by Gasteiger charge is 2.23. The first kappa shape index (κ1) is 57.3. The van der Waals surface area contributed by atoms with Crippen LogP contribution in [0.4, 0.5) is 10.5 Å². The number of hydroxylamine groups is 2. The third kappa shape index (κ3) is 30.9. The number of amides is 3. The molecule has 1 aromatic rings. The molecule has 65 heavy (non-hydrogen) atoms. The summed E-state index contributed by atoms with van der Waals surface area (Å²) in [5, 5.41) is 11.3. The Labute approximate surface area is 384 Å². The van der Waals surface area contributed by atoms with Gasteiger partial charge in [0.05, 0.1) is 151 Å². The summed E-state index contributed by atoms with van der Waals surface area (Å²) in [6, 6.07) is 0. The standard InChI is InChI=1S/C43H77N7O15/c1-4-11-50(65-5-2)42(52)38-34-40-39(48-41(44)35-38)36-47-49(40)12-8-6-7-9-46-43(53)64-33-32-63-31-30-62-29-28-61-27-26-60-25-24-59-23-22-58-21-20-57-19-18-56-17-16-55-15-14-54-13-10-45-37(3)51/h34,36H,4-33,35H2,1-3H3,(H2,44,48)(H,45,51)(H,46,53). The molecule has 22 heteroatoms. The summed E-state index contributed by atoms with van der Waals surface area (Å²) < 4.78 is 61.6. The average molecular weight is 932 g/mol. The van der Waals surface area contributed by atoms with Crippen molar-refractivity contribution in [2.24, 2.45) is 10.7 Å². The molecule has 1 aromatic heterocycles. The lowest BCUT2D eigenvalue weighted by Crippen LogP contribution is -2.34. The van der Waals surface area contributed by atoms with E-state index in [1.807, 2.05) is 18.5 Å². The summed E-state index contributed by atoms with van der Waals surface area (Å²) >= 11 is 0. The van der Waals surface area contributed by atoms with E-state index < -0.39 is 6.09 Å². The van der Waals surface area contributed by atoms with Gasteiger partial charge in [-0.1, -0.05) is 6.92 Å². The van der Waals surface area contributed by atoms with E-state index in [1.165, 1.54) is 12.0 Å². The lowest BCUT2D eigenvalue weighted by Gasteiger charge is -2.21. The van der Waals surface area contributed by atoms with Crippen LogP contribution in [0.2, 0.25) is 0 Å². The van der Waals surface area contributed by atoms with Crippen molar-refractivity contribution in [1.82, 2.24) is 25.5 Å². The number of hydrogen-bond acceptors (Lipinski definition) is 18. The molecule has 0 spiro atoms. The van der Waals surface area contributed by atoms with Crippen LogP contribution in [0.3, 0.4) is 0 Å². The molecule has 3 amide bonds. The number of carbonyl (C=O) groups excluding carboxylic acids is 3. The molecule has 1 aliphatic heterocycles. The second-order valence-corrected chi connectivity index (χ2v) is 14.1. The Morgan fingerprint density at radius 2 is 1.12 bits per heavy atom. The Morgan fingerprint density at radius 3 is 1.58 bits per heavy atom. The highest BCUT2D eigenvalue weighted by atomic mass is 16.7. The van der Waals surface area contributed by atoms with Gasteiger partial charge in [0.1, 0.15) is 18.1 Å². The number of aryl methyl sites for hydroxylation is 1. The van der Waals surface area contributed by atoms with Crippen LogP contribution < -0.4 is 16.4 Å². The van der Waals surface area contributed by atoms with Gasteiger partial charge < -0.3 is 68.5 Å². The fourth-order valence-corrected chi connectivity index (χ4v) is 5.66. The molecule has 4 N–H and O–H groups in total. The predicted octanol–water partition coefficient (Wildman–Crippen LogP) is 2.05. The van der Waals surface area contributed by atoms with Crippen LogP contribution in [0.5, 0.6) is 0 Å². The number of unbranched alkanes of at least 4 members (excludes halogenated alkanes) is 2. The molecule has 0 bridgehead atoms. The molecule has 22 nitrogen and oxygen atoms in total. The monoisotopic (exact) mass is 932 g/mol. The van der Waals surface area contributed by atoms with Crippen LogP contribution in [0.15, 0.2) is 16.8 Å². The van der Waals surface area contributed by atoms with Crippen molar-refractivity contribution in [2.75, 3.05) is 165 Å². The van der Waals surface area contributed by atoms with Crippen LogP contribution >= 0.6 is 0 Å². The van der Waals surface area contributed by atoms with Crippen LogP contribution in [0.25, 0.3) is 6.08 Å². The maximum Gasteiger partial charge on any atom is 0.407 e. The molecule has 0 radical (unpaired) electrons. The van der Waals surface area contributed by atoms with Crippen LogP contribution in [0.1, 0.15) is 58.6 Å². The third-order valence-corrected chi connectivity index (χ3v) is 8.76.